The Morgan fingerprint density at radius 2 is 1.48 bits per heavy atom. The molecule has 5 bridgehead atoms. The summed E-state index contributed by atoms with van der Waals surface area (Å²) in [5.41, 5.74) is 0.323. The third kappa shape index (κ3) is 7.01. The van der Waals surface area contributed by atoms with Gasteiger partial charge in [0.1, 0.15) is 17.2 Å². The molecule has 14 heteroatoms. The highest BCUT2D eigenvalue weighted by molar-refractivity contribution is 8.19. The Kier molecular flexibility index (Phi) is 11.9. The highest BCUT2D eigenvalue weighted by Gasteiger charge is 2.50. The van der Waals surface area contributed by atoms with Gasteiger partial charge in [-0.05, 0) is 19.9 Å². The number of thioether (sulfide) groups is 2. The normalized spacial score (nSPS) is 32.2. The largest absolute Gasteiger partial charge is 0.507 e. The monoisotopic (exact) mass is 759 g/mol. The van der Waals surface area contributed by atoms with E-state index in [0.717, 1.165) is 11.5 Å². The molecular formula is C38H49NO11S2. The fourth-order valence-electron chi connectivity index (χ4n) is 7.11. The minimum atomic E-state index is -1.97. The number of anilines is 1. The van der Waals surface area contributed by atoms with Gasteiger partial charge in [-0.3, -0.25) is 9.59 Å². The lowest BCUT2D eigenvalue weighted by Gasteiger charge is -2.36. The van der Waals surface area contributed by atoms with Gasteiger partial charge in [0.05, 0.1) is 51.9 Å². The number of ether oxygens (including phenoxy) is 3. The Labute approximate surface area is 311 Å². The molecule has 6 rings (SSSR count). The van der Waals surface area contributed by atoms with E-state index in [2.05, 4.69) is 5.32 Å². The predicted octanol–water partition coefficient (Wildman–Crippen LogP) is 5.66. The fraction of sp³-hybridized carbons (Fsp3) is 0.526. The van der Waals surface area contributed by atoms with Gasteiger partial charge in [-0.15, -0.1) is 23.5 Å². The number of carbonyl (C=O) groups excluding carboxylic acids is 2. The van der Waals surface area contributed by atoms with Crippen molar-refractivity contribution >= 4 is 51.7 Å². The van der Waals surface area contributed by atoms with Gasteiger partial charge in [0, 0.05) is 71.3 Å². The molecular weight excluding hydrogens is 711 g/mol. The van der Waals surface area contributed by atoms with Crippen LogP contribution in [0.5, 0.6) is 23.0 Å². The van der Waals surface area contributed by atoms with Gasteiger partial charge in [0.25, 0.3) is 11.7 Å². The maximum atomic E-state index is 14.2. The van der Waals surface area contributed by atoms with Crippen LogP contribution in [0.4, 0.5) is 5.69 Å². The van der Waals surface area contributed by atoms with E-state index < -0.39 is 87.4 Å². The number of carbonyl (C=O) groups is 2. The highest BCUT2D eigenvalue weighted by Crippen LogP contribution is 2.60. The maximum absolute atomic E-state index is 14.2. The molecule has 0 spiro atoms. The average Bonchev–Trinajstić information content (AvgIpc) is 3.74. The number of phenols is 3. The van der Waals surface area contributed by atoms with Crippen LogP contribution in [0.15, 0.2) is 36.1 Å². The van der Waals surface area contributed by atoms with Gasteiger partial charge in [0.15, 0.2) is 5.75 Å². The fourth-order valence-corrected chi connectivity index (χ4v) is 10.1. The number of hydrogen-bond donors (Lipinski definition) is 7. The molecule has 1 fully saturated rings. The average molecular weight is 760 g/mol. The molecule has 284 valence electrons. The lowest BCUT2D eigenvalue weighted by molar-refractivity contribution is -0.112. The van der Waals surface area contributed by atoms with E-state index >= 15 is 0 Å². The molecule has 12 nitrogen and oxygen atoms in total. The second kappa shape index (κ2) is 15.5. The molecule has 0 aromatic heterocycles. The van der Waals surface area contributed by atoms with Crippen molar-refractivity contribution in [2.24, 2.45) is 23.7 Å². The number of aliphatic hydroxyl groups excluding tert-OH is 3. The first kappa shape index (κ1) is 39.8. The van der Waals surface area contributed by atoms with Gasteiger partial charge >= 0.3 is 5.79 Å². The van der Waals surface area contributed by atoms with Crippen molar-refractivity contribution in [2.75, 3.05) is 23.9 Å². The Hall–Kier alpha value is -3.40. The quantitative estimate of drug-likeness (QED) is 0.147. The number of allylic oxidation sites excluding steroid dienone is 2. The van der Waals surface area contributed by atoms with Crippen LogP contribution >= 0.6 is 23.5 Å². The van der Waals surface area contributed by atoms with Crippen molar-refractivity contribution in [1.29, 1.82) is 0 Å². The number of nitrogens with one attached hydrogen (secondary N) is 1. The number of ketones is 1. The molecule has 4 aliphatic heterocycles. The standard InChI is InChI=1S/C38H49NO11S2/c1-16-10-9-11-17(2)36(47)39-27-26(37-51-14-15-52-37)32(44)23-24(33(27)45)31(43)21(6)34-25(23)35(46)38(7,50-34)49-13-12-22(48-8)18(3)29(41)20(5)30(42)19(4)28(16)40/h9-13,16,18-20,22,28-30,37,40-45H,14-15H2,1-8H3,(H,39,47)/t16-,18+,19-,20+,22+,28-,29+,30-,38-/m0/s1. The summed E-state index contributed by atoms with van der Waals surface area (Å²) in [7, 11) is 1.45. The Bertz CT molecular complexity index is 1820. The Morgan fingerprint density at radius 3 is 2.12 bits per heavy atom. The number of hydrogen-bond acceptors (Lipinski definition) is 13. The first-order valence-electron chi connectivity index (χ1n) is 17.3. The third-order valence-electron chi connectivity index (χ3n) is 10.6. The van der Waals surface area contributed by atoms with Crippen molar-refractivity contribution in [3.63, 3.8) is 0 Å². The minimum absolute atomic E-state index is 0.0356. The van der Waals surface area contributed by atoms with Crippen molar-refractivity contribution < 1.29 is 54.4 Å². The van der Waals surface area contributed by atoms with E-state index in [1.165, 1.54) is 62.9 Å². The SMILES string of the molecule is CO[C@@H]1C=CO[C@@]2(C)Oc3c(C)c(O)c4c(O)c(c(C5SCCS5)c(O)c4c3C2=O)NC(=O)C(C)=CC=C[C@H](C)[C@H](O)[C@H](C)[C@H](O)[C@H](C)[C@H](O)[C@@H]1C. The minimum Gasteiger partial charge on any atom is -0.507 e. The zero-order valence-electron chi connectivity index (χ0n) is 30.5. The lowest BCUT2D eigenvalue weighted by Crippen LogP contribution is -2.44. The zero-order chi connectivity index (χ0) is 38.4. The van der Waals surface area contributed by atoms with E-state index in [9.17, 15) is 40.2 Å². The van der Waals surface area contributed by atoms with Gasteiger partial charge in [-0.25, -0.2) is 0 Å². The van der Waals surface area contributed by atoms with Crippen LogP contribution < -0.4 is 10.1 Å². The van der Waals surface area contributed by atoms with Crippen molar-refractivity contribution in [3.8, 4) is 23.0 Å². The Balaban J connectivity index is 1.70. The molecule has 2 aromatic rings. The lowest BCUT2D eigenvalue weighted by atomic mass is 9.78. The van der Waals surface area contributed by atoms with Crippen LogP contribution in [0.1, 0.15) is 67.6 Å². The molecule has 0 aliphatic carbocycles. The summed E-state index contributed by atoms with van der Waals surface area (Å²) in [5, 5.41) is 71.3. The first-order valence-corrected chi connectivity index (χ1v) is 19.4. The predicted molar refractivity (Wildman–Crippen MR) is 202 cm³/mol. The summed E-state index contributed by atoms with van der Waals surface area (Å²) in [6, 6.07) is 0. The molecule has 1 saturated heterocycles. The van der Waals surface area contributed by atoms with Crippen molar-refractivity contribution in [3.05, 3.63) is 52.8 Å². The zero-order valence-corrected chi connectivity index (χ0v) is 32.2. The number of aromatic hydroxyl groups is 3. The molecule has 9 atom stereocenters. The molecule has 0 unspecified atom stereocenters. The summed E-state index contributed by atoms with van der Waals surface area (Å²) in [6.45, 7) is 11.3. The number of rotatable bonds is 2. The maximum Gasteiger partial charge on any atom is 0.312 e. The van der Waals surface area contributed by atoms with Crippen LogP contribution in [0.25, 0.3) is 10.8 Å². The molecule has 1 amide bonds. The van der Waals surface area contributed by atoms with E-state index in [1.54, 1.807) is 46.8 Å². The molecule has 7 N–H and O–H groups in total. The van der Waals surface area contributed by atoms with Crippen molar-refractivity contribution in [2.45, 2.75) is 83.3 Å². The molecule has 4 aliphatic rings. The summed E-state index contributed by atoms with van der Waals surface area (Å²) in [6.07, 6.45) is 3.67. The number of amides is 1. The van der Waals surface area contributed by atoms with Crippen LogP contribution in [-0.4, -0.2) is 91.1 Å². The third-order valence-corrected chi connectivity index (χ3v) is 13.7. The van der Waals surface area contributed by atoms with E-state index in [1.807, 2.05) is 0 Å². The highest BCUT2D eigenvalue weighted by atomic mass is 32.2. The number of phenolic OH excluding ortho intramolecular Hbond substituents is 3. The summed E-state index contributed by atoms with van der Waals surface area (Å²) >= 11 is 2.99. The van der Waals surface area contributed by atoms with Gasteiger partial charge < -0.3 is 50.2 Å². The van der Waals surface area contributed by atoms with Crippen LogP contribution in [0.3, 0.4) is 0 Å². The summed E-state index contributed by atoms with van der Waals surface area (Å²) in [5.74, 6) is -5.54. The number of aliphatic hydroxyl groups is 3. The summed E-state index contributed by atoms with van der Waals surface area (Å²) in [4.78, 5) is 27.8. The smallest absolute Gasteiger partial charge is 0.312 e. The second-order valence-electron chi connectivity index (χ2n) is 14.1. The number of methoxy groups -OCH3 is 1. The van der Waals surface area contributed by atoms with Gasteiger partial charge in [-0.2, -0.15) is 0 Å². The topological polar surface area (TPSA) is 195 Å². The first-order chi connectivity index (χ1) is 24.5. The van der Waals surface area contributed by atoms with Crippen LogP contribution in [0.2, 0.25) is 0 Å². The van der Waals surface area contributed by atoms with E-state index in [0.29, 0.717) is 0 Å². The number of Topliss-reactive ketones (excluding diaryl/α,β-unsaturated/α-hetero) is 1. The molecule has 0 radical (unpaired) electrons. The molecule has 4 heterocycles. The number of fused-ring (bicyclic) bond motifs is 14. The van der Waals surface area contributed by atoms with E-state index in [-0.39, 0.29) is 44.5 Å². The molecule has 0 saturated carbocycles. The van der Waals surface area contributed by atoms with Crippen LogP contribution in [-0.2, 0) is 14.3 Å². The Morgan fingerprint density at radius 1 is 0.865 bits per heavy atom. The second-order valence-corrected chi connectivity index (χ2v) is 16.8. The number of benzene rings is 2. The molecule has 52 heavy (non-hydrogen) atoms. The van der Waals surface area contributed by atoms with E-state index in [4.69, 9.17) is 14.2 Å². The summed E-state index contributed by atoms with van der Waals surface area (Å²) < 4.78 is 17.2. The van der Waals surface area contributed by atoms with Crippen molar-refractivity contribution in [1.82, 2.24) is 0 Å². The van der Waals surface area contributed by atoms with Gasteiger partial charge in [0.2, 0.25) is 0 Å². The molecule has 2 aromatic carbocycles. The van der Waals surface area contributed by atoms with Crippen LogP contribution in [0, 0.1) is 30.6 Å². The van der Waals surface area contributed by atoms with Gasteiger partial charge in [-0.1, -0.05) is 45.9 Å².